The van der Waals surface area contributed by atoms with Crippen LogP contribution in [-0.4, -0.2) is 35.6 Å². The number of benzene rings is 3. The molecule has 0 N–H and O–H groups in total. The van der Waals surface area contributed by atoms with Crippen LogP contribution in [0.2, 0.25) is 0 Å². The average Bonchev–Trinajstić information content (AvgIpc) is 3.18. The lowest BCUT2D eigenvalue weighted by molar-refractivity contribution is 0.0600. The van der Waals surface area contributed by atoms with Crippen molar-refractivity contribution in [3.05, 3.63) is 106 Å². The quantitative estimate of drug-likeness (QED) is 0.202. The molecule has 1 aliphatic heterocycles. The van der Waals surface area contributed by atoms with Crippen molar-refractivity contribution in [2.75, 3.05) is 20.2 Å². The molecule has 0 unspecified atom stereocenters. The molecule has 4 aromatic rings. The van der Waals surface area contributed by atoms with Gasteiger partial charge in [0.1, 0.15) is 5.82 Å². The van der Waals surface area contributed by atoms with Gasteiger partial charge in [0.2, 0.25) is 0 Å². The van der Waals surface area contributed by atoms with Crippen LogP contribution in [0.4, 0.5) is 13.2 Å². The van der Waals surface area contributed by atoms with Gasteiger partial charge in [0.25, 0.3) is 0 Å². The molecule has 2 heterocycles. The average molecular weight is 521 g/mol. The molecule has 198 valence electrons. The molecule has 0 bridgehead atoms. The van der Waals surface area contributed by atoms with Gasteiger partial charge in [-0.2, -0.15) is 0 Å². The van der Waals surface area contributed by atoms with E-state index in [1.807, 2.05) is 12.1 Å². The zero-order valence-electron chi connectivity index (χ0n) is 21.6. The van der Waals surface area contributed by atoms with E-state index in [0.717, 1.165) is 50.5 Å². The van der Waals surface area contributed by atoms with Gasteiger partial charge in [0, 0.05) is 41.3 Å². The fourth-order valence-electron chi connectivity index (χ4n) is 5.55. The van der Waals surface area contributed by atoms with E-state index in [1.54, 1.807) is 12.1 Å². The van der Waals surface area contributed by atoms with E-state index in [0.29, 0.717) is 17.5 Å². The van der Waals surface area contributed by atoms with Crippen LogP contribution in [0.15, 0.2) is 60.7 Å². The van der Waals surface area contributed by atoms with Crippen LogP contribution < -0.4 is 0 Å². The highest BCUT2D eigenvalue weighted by Crippen LogP contribution is 2.31. The molecule has 0 amide bonds. The molecule has 0 atom stereocenters. The van der Waals surface area contributed by atoms with Crippen molar-refractivity contribution in [3.8, 4) is 0 Å². The minimum atomic E-state index is -1.16. The first kappa shape index (κ1) is 26.0. The van der Waals surface area contributed by atoms with E-state index in [4.69, 9.17) is 4.74 Å². The third kappa shape index (κ3) is 5.34. The number of hydrogen-bond acceptors (Lipinski definition) is 3. The lowest BCUT2D eigenvalue weighted by Gasteiger charge is -2.32. The molecule has 5 rings (SSSR count). The summed E-state index contributed by atoms with van der Waals surface area (Å²) in [5.74, 6) is -2.75. The Kier molecular flexibility index (Phi) is 7.56. The summed E-state index contributed by atoms with van der Waals surface area (Å²) < 4.78 is 48.2. The molecule has 0 saturated carbocycles. The molecule has 1 saturated heterocycles. The first-order chi connectivity index (χ1) is 18.3. The van der Waals surface area contributed by atoms with Crippen molar-refractivity contribution in [2.24, 2.45) is 5.92 Å². The van der Waals surface area contributed by atoms with Gasteiger partial charge in [-0.15, -0.1) is 0 Å². The Morgan fingerprint density at radius 1 is 0.947 bits per heavy atom. The smallest absolute Gasteiger partial charge is 0.337 e. The Morgan fingerprint density at radius 3 is 2.34 bits per heavy atom. The number of ether oxygens (including phenoxy) is 1. The summed E-state index contributed by atoms with van der Waals surface area (Å²) in [6.07, 6.45) is 2.65. The Hall–Kier alpha value is -3.58. The highest BCUT2D eigenvalue weighted by atomic mass is 19.2. The number of esters is 1. The first-order valence-corrected chi connectivity index (χ1v) is 12.9. The molecule has 0 spiro atoms. The predicted molar refractivity (Wildman–Crippen MR) is 142 cm³/mol. The highest BCUT2D eigenvalue weighted by molar-refractivity contribution is 5.89. The topological polar surface area (TPSA) is 34.5 Å². The summed E-state index contributed by atoms with van der Waals surface area (Å²) in [7, 11) is 1.38. The number of rotatable bonds is 7. The molecule has 38 heavy (non-hydrogen) atoms. The summed E-state index contributed by atoms with van der Waals surface area (Å²) in [5.41, 5.74) is 5.57. The molecule has 1 aromatic heterocycles. The van der Waals surface area contributed by atoms with Crippen molar-refractivity contribution in [1.29, 1.82) is 0 Å². The van der Waals surface area contributed by atoms with E-state index < -0.39 is 17.5 Å². The Morgan fingerprint density at radius 2 is 1.63 bits per heavy atom. The second kappa shape index (κ2) is 11.0. The maximum atomic E-state index is 14.1. The lowest BCUT2D eigenvalue weighted by Crippen LogP contribution is -2.35. The maximum absolute atomic E-state index is 14.1. The van der Waals surface area contributed by atoms with Gasteiger partial charge in [-0.05, 0) is 80.6 Å². The van der Waals surface area contributed by atoms with E-state index in [2.05, 4.69) is 40.7 Å². The third-order valence-electron chi connectivity index (χ3n) is 7.75. The number of para-hydroxylation sites is 1. The maximum Gasteiger partial charge on any atom is 0.337 e. The number of carbonyl (C=O) groups is 1. The predicted octanol–water partition coefficient (Wildman–Crippen LogP) is 6.66. The Labute approximate surface area is 220 Å². The molecule has 4 nitrogen and oxygen atoms in total. The largest absolute Gasteiger partial charge is 0.465 e. The van der Waals surface area contributed by atoms with Crippen molar-refractivity contribution < 1.29 is 22.7 Å². The standard InChI is InChI=1S/C31H31F3N2O2/c1-20-26(15-21-7-9-23(10-8-21)31(37)38-2)25-5-3-4-6-30(25)36(20)18-22-11-13-35(14-12-22)19-24-16-28(33)29(34)17-27(24)32/h3-10,16-17,22H,11-15,18-19H2,1-2H3. The van der Waals surface area contributed by atoms with E-state index in [-0.39, 0.29) is 18.1 Å². The van der Waals surface area contributed by atoms with Crippen LogP contribution in [0.25, 0.3) is 10.9 Å². The number of methoxy groups -OCH3 is 1. The van der Waals surface area contributed by atoms with Gasteiger partial charge in [0.15, 0.2) is 11.6 Å². The number of fused-ring (bicyclic) bond motifs is 1. The molecule has 0 aliphatic carbocycles. The SMILES string of the molecule is COC(=O)c1ccc(Cc2c(C)n(CC3CCN(Cc4cc(F)c(F)cc4F)CC3)c3ccccc23)cc1. The van der Waals surface area contributed by atoms with Gasteiger partial charge in [-0.3, -0.25) is 4.90 Å². The van der Waals surface area contributed by atoms with Crippen molar-refractivity contribution in [1.82, 2.24) is 9.47 Å². The number of aromatic nitrogens is 1. The second-order valence-electron chi connectivity index (χ2n) is 10.1. The molecular formula is C31H31F3N2O2. The molecule has 3 aromatic carbocycles. The minimum absolute atomic E-state index is 0.193. The molecular weight excluding hydrogens is 489 g/mol. The summed E-state index contributed by atoms with van der Waals surface area (Å²) in [6.45, 7) is 4.89. The number of hydrogen-bond donors (Lipinski definition) is 0. The summed E-state index contributed by atoms with van der Waals surface area (Å²) >= 11 is 0. The number of carbonyl (C=O) groups excluding carboxylic acids is 1. The van der Waals surface area contributed by atoms with Crippen LogP contribution in [0.1, 0.15) is 45.6 Å². The van der Waals surface area contributed by atoms with Crippen molar-refractivity contribution in [2.45, 2.75) is 39.3 Å². The van der Waals surface area contributed by atoms with Crippen molar-refractivity contribution >= 4 is 16.9 Å². The van der Waals surface area contributed by atoms with Crippen LogP contribution in [0.3, 0.4) is 0 Å². The van der Waals surface area contributed by atoms with Crippen LogP contribution >= 0.6 is 0 Å². The van der Waals surface area contributed by atoms with E-state index in [1.165, 1.54) is 29.3 Å². The minimum Gasteiger partial charge on any atom is -0.465 e. The zero-order chi connectivity index (χ0) is 26.8. The van der Waals surface area contributed by atoms with Gasteiger partial charge >= 0.3 is 5.97 Å². The normalized spacial score (nSPS) is 14.8. The Bertz CT molecular complexity index is 1450. The monoisotopic (exact) mass is 520 g/mol. The number of piperidine rings is 1. The summed E-state index contributed by atoms with van der Waals surface area (Å²) in [6, 6.07) is 17.6. The summed E-state index contributed by atoms with van der Waals surface area (Å²) in [4.78, 5) is 13.9. The fraction of sp³-hybridized carbons (Fsp3) is 0.323. The Balaban J connectivity index is 1.29. The van der Waals surface area contributed by atoms with Crippen LogP contribution in [-0.2, 0) is 24.2 Å². The first-order valence-electron chi connectivity index (χ1n) is 12.9. The van der Waals surface area contributed by atoms with E-state index >= 15 is 0 Å². The fourth-order valence-corrected chi connectivity index (χ4v) is 5.55. The lowest BCUT2D eigenvalue weighted by atomic mass is 9.96. The van der Waals surface area contributed by atoms with Crippen LogP contribution in [0.5, 0.6) is 0 Å². The number of likely N-dealkylation sites (tertiary alicyclic amines) is 1. The second-order valence-corrected chi connectivity index (χ2v) is 10.1. The molecule has 0 radical (unpaired) electrons. The third-order valence-corrected chi connectivity index (χ3v) is 7.75. The van der Waals surface area contributed by atoms with Gasteiger partial charge in [-0.25, -0.2) is 18.0 Å². The summed E-state index contributed by atoms with van der Waals surface area (Å²) in [5, 5.41) is 1.23. The molecule has 1 fully saturated rings. The molecule has 7 heteroatoms. The highest BCUT2D eigenvalue weighted by Gasteiger charge is 2.23. The number of nitrogens with zero attached hydrogens (tertiary/aromatic N) is 2. The zero-order valence-corrected chi connectivity index (χ0v) is 21.6. The molecule has 1 aliphatic rings. The van der Waals surface area contributed by atoms with Gasteiger partial charge in [0.05, 0.1) is 12.7 Å². The van der Waals surface area contributed by atoms with Gasteiger partial charge in [-0.1, -0.05) is 30.3 Å². The number of halogens is 3. The van der Waals surface area contributed by atoms with Crippen molar-refractivity contribution in [3.63, 3.8) is 0 Å². The van der Waals surface area contributed by atoms with Gasteiger partial charge < -0.3 is 9.30 Å². The van der Waals surface area contributed by atoms with Crippen LogP contribution in [0, 0.1) is 30.3 Å². The van der Waals surface area contributed by atoms with E-state index in [9.17, 15) is 18.0 Å².